The van der Waals surface area contributed by atoms with E-state index < -0.39 is 16.8 Å². The number of nitrogens with zero attached hydrogens (tertiary/aromatic N) is 2. The topological polar surface area (TPSA) is 97.0 Å². The van der Waals surface area contributed by atoms with Crippen LogP contribution in [0.1, 0.15) is 52.5 Å². The highest BCUT2D eigenvalue weighted by atomic mass is 19.1. The summed E-state index contributed by atoms with van der Waals surface area (Å²) in [4.78, 5) is 30.1. The lowest BCUT2D eigenvalue weighted by molar-refractivity contribution is -0.148. The summed E-state index contributed by atoms with van der Waals surface area (Å²) in [6.45, 7) is 6.75. The van der Waals surface area contributed by atoms with Gasteiger partial charge in [-0.15, -0.1) is 0 Å². The fourth-order valence-corrected chi connectivity index (χ4v) is 5.53. The number of hydrogen-bond donors (Lipinski definition) is 2. The molecule has 0 radical (unpaired) electrons. The zero-order valence-corrected chi connectivity index (χ0v) is 18.7. The van der Waals surface area contributed by atoms with E-state index in [0.717, 1.165) is 24.9 Å². The molecule has 3 N–H and O–H groups in total. The van der Waals surface area contributed by atoms with Gasteiger partial charge in [0.1, 0.15) is 17.5 Å². The third-order valence-corrected chi connectivity index (χ3v) is 7.69. The maximum absolute atomic E-state index is 15.0. The van der Waals surface area contributed by atoms with Crippen LogP contribution in [0.3, 0.4) is 0 Å². The highest BCUT2D eigenvalue weighted by Crippen LogP contribution is 2.49. The summed E-state index contributed by atoms with van der Waals surface area (Å²) in [5.41, 5.74) is 5.00. The molecule has 2 saturated carbocycles. The second-order valence-corrected chi connectivity index (χ2v) is 9.85. The van der Waals surface area contributed by atoms with E-state index in [-0.39, 0.29) is 30.0 Å². The molecule has 5 atom stereocenters. The summed E-state index contributed by atoms with van der Waals surface area (Å²) in [5.74, 6) is -0.00213. The van der Waals surface area contributed by atoms with Crippen LogP contribution in [-0.4, -0.2) is 41.9 Å². The van der Waals surface area contributed by atoms with Gasteiger partial charge in [0, 0.05) is 31.3 Å². The van der Waals surface area contributed by atoms with Crippen molar-refractivity contribution in [2.75, 3.05) is 12.4 Å². The molecule has 4 rings (SSSR count). The smallest absolute Gasteiger partial charge is 0.302 e. The summed E-state index contributed by atoms with van der Waals surface area (Å²) in [5, 5.41) is 3.55. The summed E-state index contributed by atoms with van der Waals surface area (Å²) in [6, 6.07) is 5.13. The van der Waals surface area contributed by atoms with Gasteiger partial charge in [-0.2, -0.15) is 0 Å². The Bertz CT molecular complexity index is 962. The summed E-state index contributed by atoms with van der Waals surface area (Å²) in [7, 11) is 1.58. The molecular formula is C23H31FN4O3. The Morgan fingerprint density at radius 2 is 1.97 bits per heavy atom. The van der Waals surface area contributed by atoms with Crippen LogP contribution in [0.4, 0.5) is 10.1 Å². The van der Waals surface area contributed by atoms with Crippen LogP contribution in [0.2, 0.25) is 0 Å². The standard InChI is InChI=1S/C23H31FN4O3/c1-12(29)31-19-10-13-8-14(19)9-18(13)26-15-6-7-17(24)16(11-15)23(4)22(2,3)20(30)28(5)21(25)27-23/h6-7,11,13-14,18-19,26H,8-10H2,1-5H3,(H2,25,27)/t13?,14?,18?,19?,23-/m0/s1. The van der Waals surface area contributed by atoms with E-state index in [1.165, 1.54) is 17.9 Å². The van der Waals surface area contributed by atoms with Crippen LogP contribution in [0.5, 0.6) is 0 Å². The van der Waals surface area contributed by atoms with Gasteiger partial charge < -0.3 is 15.8 Å². The van der Waals surface area contributed by atoms with E-state index in [1.54, 1.807) is 40.0 Å². The Hall–Kier alpha value is -2.64. The van der Waals surface area contributed by atoms with E-state index >= 15 is 4.39 Å². The van der Waals surface area contributed by atoms with Gasteiger partial charge in [-0.1, -0.05) is 0 Å². The normalized spacial score (nSPS) is 33.9. The second-order valence-electron chi connectivity index (χ2n) is 9.85. The van der Waals surface area contributed by atoms with Gasteiger partial charge in [0.15, 0.2) is 5.96 Å². The quantitative estimate of drug-likeness (QED) is 0.716. The van der Waals surface area contributed by atoms with E-state index in [9.17, 15) is 9.59 Å². The number of fused-ring (bicyclic) bond motifs is 2. The van der Waals surface area contributed by atoms with Crippen LogP contribution >= 0.6 is 0 Å². The molecule has 3 aliphatic rings. The molecule has 1 aromatic rings. The first-order valence-corrected chi connectivity index (χ1v) is 10.8. The Balaban J connectivity index is 1.59. The van der Waals surface area contributed by atoms with Crippen molar-refractivity contribution in [1.82, 2.24) is 4.90 Å². The van der Waals surface area contributed by atoms with Gasteiger partial charge in [-0.05, 0) is 70.1 Å². The van der Waals surface area contributed by atoms with E-state index in [0.29, 0.717) is 17.4 Å². The minimum Gasteiger partial charge on any atom is -0.462 e. The lowest BCUT2D eigenvalue weighted by atomic mass is 9.67. The zero-order chi connectivity index (χ0) is 22.7. The van der Waals surface area contributed by atoms with Gasteiger partial charge >= 0.3 is 5.97 Å². The SMILES string of the molecule is CC(=O)OC1CC2CC1CC2Nc1ccc(F)c([C@]2(C)N=C(N)N(C)C(=O)C2(C)C)c1. The molecule has 2 fully saturated rings. The molecule has 1 aromatic carbocycles. The molecule has 8 heteroatoms. The van der Waals surface area contributed by atoms with Crippen molar-refractivity contribution < 1.29 is 18.7 Å². The van der Waals surface area contributed by atoms with Crippen LogP contribution in [0.15, 0.2) is 23.2 Å². The number of carbonyl (C=O) groups excluding carboxylic acids is 2. The maximum atomic E-state index is 15.0. The fourth-order valence-electron chi connectivity index (χ4n) is 5.53. The molecule has 168 valence electrons. The van der Waals surface area contributed by atoms with Crippen molar-refractivity contribution in [2.24, 2.45) is 28.0 Å². The largest absolute Gasteiger partial charge is 0.462 e. The van der Waals surface area contributed by atoms with Crippen molar-refractivity contribution in [3.8, 4) is 0 Å². The summed E-state index contributed by atoms with van der Waals surface area (Å²) < 4.78 is 20.5. The zero-order valence-electron chi connectivity index (χ0n) is 18.7. The number of guanidine groups is 1. The first kappa shape index (κ1) is 21.6. The number of carbonyl (C=O) groups is 2. The predicted molar refractivity (Wildman–Crippen MR) is 116 cm³/mol. The van der Waals surface area contributed by atoms with Crippen molar-refractivity contribution in [3.05, 3.63) is 29.6 Å². The molecule has 1 heterocycles. The molecule has 2 aliphatic carbocycles. The third-order valence-electron chi connectivity index (χ3n) is 7.69. The lowest BCUT2D eigenvalue weighted by Crippen LogP contribution is -2.58. The number of aliphatic imine (C=N–C) groups is 1. The van der Waals surface area contributed by atoms with Crippen molar-refractivity contribution in [2.45, 2.75) is 64.6 Å². The number of ether oxygens (including phenoxy) is 1. The Labute approximate surface area is 182 Å². The fraction of sp³-hybridized carbons (Fsp3) is 0.609. The minimum atomic E-state index is -1.14. The first-order chi connectivity index (χ1) is 14.4. The van der Waals surface area contributed by atoms with E-state index in [2.05, 4.69) is 10.3 Å². The van der Waals surface area contributed by atoms with Gasteiger partial charge in [0.2, 0.25) is 5.91 Å². The Kier molecular flexibility index (Phi) is 5.02. The molecule has 1 amide bonds. The van der Waals surface area contributed by atoms with Crippen LogP contribution < -0.4 is 11.1 Å². The summed E-state index contributed by atoms with van der Waals surface area (Å²) >= 11 is 0. The number of halogens is 1. The lowest BCUT2D eigenvalue weighted by Gasteiger charge is -2.46. The highest BCUT2D eigenvalue weighted by molar-refractivity contribution is 6.01. The molecule has 0 aromatic heterocycles. The maximum Gasteiger partial charge on any atom is 0.302 e. The predicted octanol–water partition coefficient (Wildman–Crippen LogP) is 3.00. The van der Waals surface area contributed by atoms with Gasteiger partial charge in [-0.3, -0.25) is 14.5 Å². The Morgan fingerprint density at radius 3 is 2.58 bits per heavy atom. The molecule has 1 aliphatic heterocycles. The number of benzene rings is 1. The van der Waals surface area contributed by atoms with Crippen LogP contribution in [0.25, 0.3) is 0 Å². The monoisotopic (exact) mass is 430 g/mol. The minimum absolute atomic E-state index is 0.00610. The number of rotatable bonds is 4. The molecular weight excluding hydrogens is 399 g/mol. The number of nitrogens with two attached hydrogens (primary N) is 1. The number of esters is 1. The third kappa shape index (κ3) is 3.36. The van der Waals surface area contributed by atoms with Gasteiger partial charge in [-0.25, -0.2) is 9.38 Å². The number of nitrogens with one attached hydrogen (secondary N) is 1. The molecule has 4 unspecified atom stereocenters. The molecule has 31 heavy (non-hydrogen) atoms. The van der Waals surface area contributed by atoms with Crippen molar-refractivity contribution >= 4 is 23.5 Å². The van der Waals surface area contributed by atoms with Crippen molar-refractivity contribution in [3.63, 3.8) is 0 Å². The molecule has 2 bridgehead atoms. The van der Waals surface area contributed by atoms with E-state index in [4.69, 9.17) is 10.5 Å². The van der Waals surface area contributed by atoms with Crippen molar-refractivity contribution in [1.29, 1.82) is 0 Å². The number of anilines is 1. The average molecular weight is 431 g/mol. The number of amides is 1. The highest BCUT2D eigenvalue weighted by Gasteiger charge is 2.54. The molecule has 7 nitrogen and oxygen atoms in total. The van der Waals surface area contributed by atoms with Gasteiger partial charge in [0.25, 0.3) is 0 Å². The molecule has 0 spiro atoms. The average Bonchev–Trinajstić information content (AvgIpc) is 3.26. The van der Waals surface area contributed by atoms with Crippen LogP contribution in [-0.2, 0) is 19.9 Å². The van der Waals surface area contributed by atoms with Crippen LogP contribution in [0, 0.1) is 23.1 Å². The number of hydrogen-bond acceptors (Lipinski definition) is 6. The first-order valence-electron chi connectivity index (χ1n) is 10.8. The summed E-state index contributed by atoms with van der Waals surface area (Å²) in [6.07, 6.45) is 2.79. The Morgan fingerprint density at radius 1 is 1.26 bits per heavy atom. The molecule has 0 saturated heterocycles. The van der Waals surface area contributed by atoms with Gasteiger partial charge in [0.05, 0.1) is 5.41 Å². The van der Waals surface area contributed by atoms with E-state index in [1.807, 2.05) is 0 Å². The second kappa shape index (κ2) is 7.21.